The van der Waals surface area contributed by atoms with Crippen LogP contribution < -0.4 is 5.32 Å². The van der Waals surface area contributed by atoms with Crippen molar-refractivity contribution in [2.75, 3.05) is 5.32 Å². The maximum Gasteiger partial charge on any atom is 0.260 e. The number of para-hydroxylation sites is 1. The van der Waals surface area contributed by atoms with E-state index in [2.05, 4.69) is 20.4 Å². The Morgan fingerprint density at radius 1 is 1.14 bits per heavy atom. The van der Waals surface area contributed by atoms with E-state index in [0.717, 1.165) is 5.69 Å². The van der Waals surface area contributed by atoms with Crippen LogP contribution in [0.15, 0.2) is 55.1 Å². The molecule has 1 amide bonds. The van der Waals surface area contributed by atoms with E-state index in [1.807, 2.05) is 30.3 Å². The van der Waals surface area contributed by atoms with Gasteiger partial charge in [-0.3, -0.25) is 9.78 Å². The minimum Gasteiger partial charge on any atom is -0.305 e. The standard InChI is InChI=1S/C14H10ClN5O/c15-12-7-16-8-13(18-12)19-14(21)10-6-17-20(9-10)11-4-2-1-3-5-11/h1-9H,(H,18,19,21). The molecular weight excluding hydrogens is 290 g/mol. The van der Waals surface area contributed by atoms with Gasteiger partial charge in [0.05, 0.1) is 29.8 Å². The molecule has 104 valence electrons. The summed E-state index contributed by atoms with van der Waals surface area (Å²) in [6, 6.07) is 9.52. The number of nitrogens with one attached hydrogen (secondary N) is 1. The number of nitrogens with zero attached hydrogens (tertiary/aromatic N) is 4. The van der Waals surface area contributed by atoms with Crippen molar-refractivity contribution in [2.24, 2.45) is 0 Å². The van der Waals surface area contributed by atoms with Gasteiger partial charge in [0.25, 0.3) is 5.91 Å². The molecule has 0 bridgehead atoms. The monoisotopic (exact) mass is 299 g/mol. The van der Waals surface area contributed by atoms with Crippen molar-refractivity contribution in [1.82, 2.24) is 19.7 Å². The van der Waals surface area contributed by atoms with Gasteiger partial charge >= 0.3 is 0 Å². The molecule has 0 aliphatic heterocycles. The smallest absolute Gasteiger partial charge is 0.260 e. The number of hydrogen-bond donors (Lipinski definition) is 1. The van der Waals surface area contributed by atoms with Crippen molar-refractivity contribution in [3.8, 4) is 5.69 Å². The van der Waals surface area contributed by atoms with Gasteiger partial charge in [-0.25, -0.2) is 9.67 Å². The van der Waals surface area contributed by atoms with Gasteiger partial charge in [-0.05, 0) is 12.1 Å². The van der Waals surface area contributed by atoms with Crippen molar-refractivity contribution < 1.29 is 4.79 Å². The van der Waals surface area contributed by atoms with E-state index in [1.165, 1.54) is 18.6 Å². The topological polar surface area (TPSA) is 72.7 Å². The first-order chi connectivity index (χ1) is 10.2. The minimum atomic E-state index is -0.325. The first kappa shape index (κ1) is 13.3. The average molecular weight is 300 g/mol. The maximum atomic E-state index is 12.1. The van der Waals surface area contributed by atoms with E-state index in [-0.39, 0.29) is 11.1 Å². The summed E-state index contributed by atoms with van der Waals surface area (Å²) in [7, 11) is 0. The molecule has 21 heavy (non-hydrogen) atoms. The molecule has 2 aromatic heterocycles. The summed E-state index contributed by atoms with van der Waals surface area (Å²) < 4.78 is 1.62. The van der Waals surface area contributed by atoms with Crippen LogP contribution in [0.25, 0.3) is 5.69 Å². The fourth-order valence-electron chi connectivity index (χ4n) is 1.75. The molecule has 0 fully saturated rings. The zero-order valence-electron chi connectivity index (χ0n) is 10.8. The van der Waals surface area contributed by atoms with E-state index in [4.69, 9.17) is 11.6 Å². The number of carbonyl (C=O) groups excluding carboxylic acids is 1. The quantitative estimate of drug-likeness (QED) is 0.806. The Bertz CT molecular complexity index is 772. The lowest BCUT2D eigenvalue weighted by atomic mass is 10.3. The van der Waals surface area contributed by atoms with Crippen LogP contribution in [0.2, 0.25) is 5.15 Å². The van der Waals surface area contributed by atoms with Gasteiger partial charge in [-0.15, -0.1) is 0 Å². The molecule has 2 heterocycles. The molecule has 1 N–H and O–H groups in total. The van der Waals surface area contributed by atoms with Gasteiger partial charge in [0.15, 0.2) is 5.82 Å². The summed E-state index contributed by atoms with van der Waals surface area (Å²) in [5, 5.41) is 6.99. The zero-order chi connectivity index (χ0) is 14.7. The number of rotatable bonds is 3. The summed E-state index contributed by atoms with van der Waals surface area (Å²) in [6.45, 7) is 0. The van der Waals surface area contributed by atoms with E-state index in [1.54, 1.807) is 10.9 Å². The molecule has 0 unspecified atom stereocenters. The largest absolute Gasteiger partial charge is 0.305 e. The number of benzene rings is 1. The third-order valence-corrected chi connectivity index (χ3v) is 2.89. The van der Waals surface area contributed by atoms with Crippen LogP contribution >= 0.6 is 11.6 Å². The predicted octanol–water partition coefficient (Wildman–Crippen LogP) is 2.57. The van der Waals surface area contributed by atoms with Crippen molar-refractivity contribution in [3.63, 3.8) is 0 Å². The second kappa shape index (κ2) is 5.72. The minimum absolute atomic E-state index is 0.216. The Hall–Kier alpha value is -2.73. The van der Waals surface area contributed by atoms with Crippen LogP contribution in [0.3, 0.4) is 0 Å². The fourth-order valence-corrected chi connectivity index (χ4v) is 1.90. The molecule has 6 nitrogen and oxygen atoms in total. The summed E-state index contributed by atoms with van der Waals surface area (Å²) in [5.74, 6) is -0.0336. The van der Waals surface area contributed by atoms with Crippen molar-refractivity contribution in [2.45, 2.75) is 0 Å². The van der Waals surface area contributed by atoms with Gasteiger partial charge < -0.3 is 5.32 Å². The molecule has 0 spiro atoms. The molecule has 3 aromatic rings. The molecule has 0 aliphatic rings. The molecule has 0 saturated carbocycles. The fraction of sp³-hybridized carbons (Fsp3) is 0. The molecule has 0 radical (unpaired) electrons. The number of halogens is 1. The summed E-state index contributed by atoms with van der Waals surface area (Å²) in [4.78, 5) is 19.9. The van der Waals surface area contributed by atoms with E-state index >= 15 is 0 Å². The normalized spacial score (nSPS) is 10.3. The summed E-state index contributed by atoms with van der Waals surface area (Å²) in [6.07, 6.45) is 5.94. The first-order valence-corrected chi connectivity index (χ1v) is 6.49. The molecule has 1 aromatic carbocycles. The first-order valence-electron chi connectivity index (χ1n) is 6.11. The lowest BCUT2D eigenvalue weighted by Gasteiger charge is -2.02. The van der Waals surface area contributed by atoms with Crippen LogP contribution in [0.4, 0.5) is 5.82 Å². The highest BCUT2D eigenvalue weighted by atomic mass is 35.5. The van der Waals surface area contributed by atoms with Gasteiger partial charge in [-0.2, -0.15) is 5.10 Å². The average Bonchev–Trinajstić information content (AvgIpc) is 2.98. The summed E-state index contributed by atoms with van der Waals surface area (Å²) in [5.41, 5.74) is 1.29. The maximum absolute atomic E-state index is 12.1. The highest BCUT2D eigenvalue weighted by molar-refractivity contribution is 6.29. The second-order valence-corrected chi connectivity index (χ2v) is 4.58. The number of hydrogen-bond acceptors (Lipinski definition) is 4. The highest BCUT2D eigenvalue weighted by Crippen LogP contribution is 2.11. The SMILES string of the molecule is O=C(Nc1cncc(Cl)n1)c1cnn(-c2ccccc2)c1. The third kappa shape index (κ3) is 3.06. The molecule has 7 heteroatoms. The Morgan fingerprint density at radius 3 is 2.71 bits per heavy atom. The van der Waals surface area contributed by atoms with Gasteiger partial charge in [0.2, 0.25) is 0 Å². The number of carbonyl (C=O) groups is 1. The van der Waals surface area contributed by atoms with Crippen LogP contribution in [-0.4, -0.2) is 25.7 Å². The lowest BCUT2D eigenvalue weighted by molar-refractivity contribution is 0.102. The van der Waals surface area contributed by atoms with E-state index in [0.29, 0.717) is 11.4 Å². The van der Waals surface area contributed by atoms with Crippen molar-refractivity contribution in [3.05, 3.63) is 65.8 Å². The Kier molecular flexibility index (Phi) is 3.61. The van der Waals surface area contributed by atoms with E-state index in [9.17, 15) is 4.79 Å². The zero-order valence-corrected chi connectivity index (χ0v) is 11.5. The third-order valence-electron chi connectivity index (χ3n) is 2.71. The van der Waals surface area contributed by atoms with Crippen molar-refractivity contribution in [1.29, 1.82) is 0 Å². The second-order valence-electron chi connectivity index (χ2n) is 4.19. The van der Waals surface area contributed by atoms with E-state index < -0.39 is 0 Å². The Morgan fingerprint density at radius 2 is 1.95 bits per heavy atom. The van der Waals surface area contributed by atoms with Crippen molar-refractivity contribution >= 4 is 23.3 Å². The van der Waals surface area contributed by atoms with Gasteiger partial charge in [0.1, 0.15) is 5.15 Å². The molecule has 3 rings (SSSR count). The molecule has 0 saturated heterocycles. The summed E-state index contributed by atoms with van der Waals surface area (Å²) >= 11 is 5.72. The molecule has 0 aliphatic carbocycles. The molecule has 0 atom stereocenters. The Labute approximate surface area is 125 Å². The predicted molar refractivity (Wildman–Crippen MR) is 78.6 cm³/mol. The van der Waals surface area contributed by atoms with Crippen LogP contribution in [0.1, 0.15) is 10.4 Å². The molecular formula is C14H10ClN5O. The van der Waals surface area contributed by atoms with Crippen LogP contribution in [-0.2, 0) is 0 Å². The highest BCUT2D eigenvalue weighted by Gasteiger charge is 2.10. The number of amides is 1. The van der Waals surface area contributed by atoms with Crippen LogP contribution in [0, 0.1) is 0 Å². The number of anilines is 1. The number of aromatic nitrogens is 4. The Balaban J connectivity index is 1.78. The van der Waals surface area contributed by atoms with Crippen LogP contribution in [0.5, 0.6) is 0 Å². The van der Waals surface area contributed by atoms with Gasteiger partial charge in [-0.1, -0.05) is 29.8 Å². The lowest BCUT2D eigenvalue weighted by Crippen LogP contribution is -2.12. The van der Waals surface area contributed by atoms with Gasteiger partial charge in [0, 0.05) is 6.20 Å².